The maximum atomic E-state index is 13.9. The Bertz CT molecular complexity index is 771. The van der Waals surface area contributed by atoms with E-state index in [1.54, 1.807) is 12.3 Å². The molecule has 0 radical (unpaired) electrons. The van der Waals surface area contributed by atoms with Crippen molar-refractivity contribution in [2.45, 2.75) is 6.92 Å². The van der Waals surface area contributed by atoms with E-state index in [1.807, 2.05) is 25.1 Å². The summed E-state index contributed by atoms with van der Waals surface area (Å²) < 4.78 is 13.9. The highest BCUT2D eigenvalue weighted by molar-refractivity contribution is 6.30. The number of halogens is 2. The van der Waals surface area contributed by atoms with Crippen molar-refractivity contribution in [3.05, 3.63) is 59.0 Å². The molecule has 0 bridgehead atoms. The van der Waals surface area contributed by atoms with E-state index < -0.39 is 0 Å². The third-order valence-electron chi connectivity index (χ3n) is 3.00. The summed E-state index contributed by atoms with van der Waals surface area (Å²) in [4.78, 5) is 8.61. The van der Waals surface area contributed by atoms with Crippen LogP contribution < -0.4 is 0 Å². The molecular weight excluding hydrogens is 263 g/mol. The average Bonchev–Trinajstić information content (AvgIpc) is 2.41. The summed E-state index contributed by atoms with van der Waals surface area (Å²) in [6, 6.07) is 10.1. The van der Waals surface area contributed by atoms with Gasteiger partial charge in [-0.1, -0.05) is 11.6 Å². The summed E-state index contributed by atoms with van der Waals surface area (Å²) in [5.74, 6) is -0.341. The van der Waals surface area contributed by atoms with Gasteiger partial charge in [-0.2, -0.15) is 0 Å². The van der Waals surface area contributed by atoms with Crippen LogP contribution in [0.5, 0.6) is 0 Å². The summed E-state index contributed by atoms with van der Waals surface area (Å²) in [5.41, 5.74) is 2.55. The van der Waals surface area contributed by atoms with Crippen LogP contribution in [0.2, 0.25) is 5.02 Å². The fourth-order valence-electron chi connectivity index (χ4n) is 2.05. The molecule has 0 aliphatic carbocycles. The van der Waals surface area contributed by atoms with Crippen LogP contribution in [0.15, 0.2) is 42.6 Å². The molecule has 0 saturated carbocycles. The number of aromatic nitrogens is 2. The van der Waals surface area contributed by atoms with Gasteiger partial charge in [-0.25, -0.2) is 14.4 Å². The molecule has 2 heterocycles. The molecule has 4 heteroatoms. The van der Waals surface area contributed by atoms with Crippen LogP contribution >= 0.6 is 11.6 Å². The SMILES string of the molecule is Cc1cc(-c2cc(Cl)ccc2F)nc2ncccc12. The molecular formula is C15H10ClFN2. The molecule has 2 aromatic heterocycles. The van der Waals surface area contributed by atoms with Crippen molar-refractivity contribution in [3.8, 4) is 11.3 Å². The summed E-state index contributed by atoms with van der Waals surface area (Å²) in [6.45, 7) is 1.96. The molecule has 19 heavy (non-hydrogen) atoms. The predicted octanol–water partition coefficient (Wildman–Crippen LogP) is 4.40. The number of nitrogens with zero attached hydrogens (tertiary/aromatic N) is 2. The number of hydrogen-bond acceptors (Lipinski definition) is 2. The fraction of sp³-hybridized carbons (Fsp3) is 0.0667. The number of hydrogen-bond donors (Lipinski definition) is 0. The van der Waals surface area contributed by atoms with Crippen molar-refractivity contribution in [1.29, 1.82) is 0 Å². The zero-order valence-electron chi connectivity index (χ0n) is 10.2. The number of rotatable bonds is 1. The Morgan fingerprint density at radius 2 is 2.00 bits per heavy atom. The minimum absolute atomic E-state index is 0.341. The van der Waals surface area contributed by atoms with E-state index in [0.717, 1.165) is 10.9 Å². The Labute approximate surface area is 114 Å². The Morgan fingerprint density at radius 1 is 1.16 bits per heavy atom. The predicted molar refractivity (Wildman–Crippen MR) is 74.7 cm³/mol. The van der Waals surface area contributed by atoms with E-state index in [2.05, 4.69) is 9.97 Å². The van der Waals surface area contributed by atoms with Gasteiger partial charge >= 0.3 is 0 Å². The number of benzene rings is 1. The Morgan fingerprint density at radius 3 is 2.84 bits per heavy atom. The minimum atomic E-state index is -0.341. The van der Waals surface area contributed by atoms with Gasteiger partial charge in [0.05, 0.1) is 5.69 Å². The molecule has 0 spiro atoms. The minimum Gasteiger partial charge on any atom is -0.237 e. The molecule has 0 aliphatic heterocycles. The molecule has 0 unspecified atom stereocenters. The largest absolute Gasteiger partial charge is 0.237 e. The van der Waals surface area contributed by atoms with Crippen LogP contribution in [-0.2, 0) is 0 Å². The lowest BCUT2D eigenvalue weighted by Gasteiger charge is -2.07. The fourth-order valence-corrected chi connectivity index (χ4v) is 2.23. The zero-order chi connectivity index (χ0) is 13.4. The second kappa shape index (κ2) is 4.59. The molecule has 0 amide bonds. The standard InChI is InChI=1S/C15H10ClFN2/c1-9-7-14(12-8-10(16)4-5-13(12)17)19-15-11(9)3-2-6-18-15/h2-8H,1H3. The molecule has 3 rings (SSSR count). The first-order valence-corrected chi connectivity index (χ1v) is 6.21. The van der Waals surface area contributed by atoms with Gasteiger partial charge in [-0.05, 0) is 48.9 Å². The number of pyridine rings is 2. The zero-order valence-corrected chi connectivity index (χ0v) is 10.9. The Kier molecular flexibility index (Phi) is 2.91. The second-order valence-corrected chi connectivity index (χ2v) is 4.76. The van der Waals surface area contributed by atoms with Gasteiger partial charge in [0.15, 0.2) is 5.65 Å². The smallest absolute Gasteiger partial charge is 0.160 e. The van der Waals surface area contributed by atoms with E-state index >= 15 is 0 Å². The van der Waals surface area contributed by atoms with Gasteiger partial charge in [0.2, 0.25) is 0 Å². The molecule has 94 valence electrons. The molecule has 0 N–H and O–H groups in total. The molecule has 0 fully saturated rings. The van der Waals surface area contributed by atoms with Gasteiger partial charge in [-0.15, -0.1) is 0 Å². The molecule has 3 aromatic rings. The molecule has 0 atom stereocenters. The highest BCUT2D eigenvalue weighted by Gasteiger charge is 2.10. The van der Waals surface area contributed by atoms with Gasteiger partial charge in [0.25, 0.3) is 0 Å². The second-order valence-electron chi connectivity index (χ2n) is 4.32. The van der Waals surface area contributed by atoms with Gasteiger partial charge in [0, 0.05) is 22.2 Å². The van der Waals surface area contributed by atoms with Crippen molar-refractivity contribution < 1.29 is 4.39 Å². The lowest BCUT2D eigenvalue weighted by Crippen LogP contribution is -1.93. The maximum Gasteiger partial charge on any atom is 0.160 e. The first-order valence-electron chi connectivity index (χ1n) is 5.83. The third-order valence-corrected chi connectivity index (χ3v) is 3.23. The van der Waals surface area contributed by atoms with Crippen molar-refractivity contribution in [2.75, 3.05) is 0 Å². The molecule has 0 aliphatic rings. The first-order chi connectivity index (χ1) is 9.15. The number of fused-ring (bicyclic) bond motifs is 1. The molecule has 2 nitrogen and oxygen atoms in total. The van der Waals surface area contributed by atoms with Crippen molar-refractivity contribution in [1.82, 2.24) is 9.97 Å². The Balaban J connectivity index is 2.28. The summed E-state index contributed by atoms with van der Waals surface area (Å²) >= 11 is 5.91. The summed E-state index contributed by atoms with van der Waals surface area (Å²) in [5, 5.41) is 1.45. The third kappa shape index (κ3) is 2.17. The van der Waals surface area contributed by atoms with Gasteiger partial charge in [0.1, 0.15) is 5.82 Å². The van der Waals surface area contributed by atoms with E-state index in [1.165, 1.54) is 12.1 Å². The molecule has 1 aromatic carbocycles. The van der Waals surface area contributed by atoms with Crippen LogP contribution in [0.3, 0.4) is 0 Å². The first kappa shape index (κ1) is 12.1. The van der Waals surface area contributed by atoms with Crippen LogP contribution in [-0.4, -0.2) is 9.97 Å². The van der Waals surface area contributed by atoms with Crippen LogP contribution in [0.4, 0.5) is 4.39 Å². The van der Waals surface area contributed by atoms with Crippen molar-refractivity contribution in [2.24, 2.45) is 0 Å². The van der Waals surface area contributed by atoms with E-state index in [4.69, 9.17) is 11.6 Å². The monoisotopic (exact) mass is 272 g/mol. The summed E-state index contributed by atoms with van der Waals surface area (Å²) in [6.07, 6.45) is 1.67. The lowest BCUT2D eigenvalue weighted by atomic mass is 10.1. The van der Waals surface area contributed by atoms with Crippen LogP contribution in [0.25, 0.3) is 22.3 Å². The van der Waals surface area contributed by atoms with Crippen molar-refractivity contribution >= 4 is 22.6 Å². The van der Waals surface area contributed by atoms with Gasteiger partial charge in [-0.3, -0.25) is 0 Å². The highest BCUT2D eigenvalue weighted by atomic mass is 35.5. The highest BCUT2D eigenvalue weighted by Crippen LogP contribution is 2.27. The van der Waals surface area contributed by atoms with Crippen molar-refractivity contribution in [3.63, 3.8) is 0 Å². The van der Waals surface area contributed by atoms with Crippen LogP contribution in [0, 0.1) is 12.7 Å². The lowest BCUT2D eigenvalue weighted by molar-refractivity contribution is 0.631. The summed E-state index contributed by atoms with van der Waals surface area (Å²) in [7, 11) is 0. The quantitative estimate of drug-likeness (QED) is 0.656. The average molecular weight is 273 g/mol. The normalized spacial score (nSPS) is 10.9. The Hall–Kier alpha value is -2.00. The van der Waals surface area contributed by atoms with E-state index in [-0.39, 0.29) is 5.82 Å². The topological polar surface area (TPSA) is 25.8 Å². The maximum absolute atomic E-state index is 13.9. The van der Waals surface area contributed by atoms with Crippen LogP contribution in [0.1, 0.15) is 5.56 Å². The van der Waals surface area contributed by atoms with E-state index in [9.17, 15) is 4.39 Å². The van der Waals surface area contributed by atoms with E-state index in [0.29, 0.717) is 21.9 Å². The molecule has 0 saturated heterocycles. The van der Waals surface area contributed by atoms with Gasteiger partial charge < -0.3 is 0 Å². The number of aryl methyl sites for hydroxylation is 1.